The average Bonchev–Trinajstić information content (AvgIpc) is 2.12. The van der Waals surface area contributed by atoms with E-state index >= 15 is 0 Å². The summed E-state index contributed by atoms with van der Waals surface area (Å²) in [6.45, 7) is 5.42. The molecule has 0 aliphatic carbocycles. The molecule has 0 amide bonds. The molecule has 1 rings (SSSR count). The van der Waals surface area contributed by atoms with Gasteiger partial charge in [-0.05, 0) is 18.6 Å². The van der Waals surface area contributed by atoms with E-state index < -0.39 is 6.10 Å². The van der Waals surface area contributed by atoms with Gasteiger partial charge in [0.1, 0.15) is 0 Å². The second-order valence-corrected chi connectivity index (χ2v) is 4.00. The third kappa shape index (κ3) is 2.13. The van der Waals surface area contributed by atoms with Crippen LogP contribution >= 0.6 is 27.5 Å². The quantitative estimate of drug-likeness (QED) is 0.806. The lowest BCUT2D eigenvalue weighted by molar-refractivity contribution is 0.228. The molecule has 0 radical (unpaired) electrons. The predicted octanol–water partition coefficient (Wildman–Crippen LogP) is 3.63. The second kappa shape index (κ2) is 4.27. The van der Waals surface area contributed by atoms with Crippen molar-refractivity contribution in [1.29, 1.82) is 0 Å². The van der Waals surface area contributed by atoms with Crippen molar-refractivity contribution in [2.24, 2.45) is 0 Å². The molecule has 0 spiro atoms. The van der Waals surface area contributed by atoms with E-state index in [1.165, 1.54) is 6.08 Å². The van der Waals surface area contributed by atoms with Crippen LogP contribution in [-0.4, -0.2) is 5.11 Å². The highest BCUT2D eigenvalue weighted by Gasteiger charge is 2.13. The van der Waals surface area contributed by atoms with Crippen LogP contribution in [-0.2, 0) is 0 Å². The lowest BCUT2D eigenvalue weighted by Crippen LogP contribution is -1.96. The van der Waals surface area contributed by atoms with Crippen molar-refractivity contribution in [2.75, 3.05) is 0 Å². The summed E-state index contributed by atoms with van der Waals surface area (Å²) in [4.78, 5) is 0. The number of benzene rings is 1. The van der Waals surface area contributed by atoms with Crippen molar-refractivity contribution in [3.8, 4) is 0 Å². The number of hydrogen-bond acceptors (Lipinski definition) is 1. The van der Waals surface area contributed by atoms with Gasteiger partial charge in [-0.15, -0.1) is 6.58 Å². The minimum atomic E-state index is -0.721. The molecule has 0 aliphatic rings. The van der Waals surface area contributed by atoms with Crippen molar-refractivity contribution >= 4 is 27.5 Å². The average molecular weight is 262 g/mol. The van der Waals surface area contributed by atoms with Crippen LogP contribution in [0, 0.1) is 6.92 Å². The van der Waals surface area contributed by atoms with Gasteiger partial charge in [0.2, 0.25) is 0 Å². The maximum absolute atomic E-state index is 9.58. The van der Waals surface area contributed by atoms with Gasteiger partial charge in [-0.3, -0.25) is 0 Å². The molecule has 1 N–H and O–H groups in total. The number of halogens is 2. The van der Waals surface area contributed by atoms with Gasteiger partial charge in [0.25, 0.3) is 0 Å². The van der Waals surface area contributed by atoms with Crippen LogP contribution in [0.1, 0.15) is 17.2 Å². The highest BCUT2D eigenvalue weighted by atomic mass is 79.9. The Labute approximate surface area is 91.2 Å². The Morgan fingerprint density at radius 2 is 2.23 bits per heavy atom. The molecule has 1 nitrogen and oxygen atoms in total. The van der Waals surface area contributed by atoms with Crippen molar-refractivity contribution in [3.05, 3.63) is 45.4 Å². The Kier molecular flexibility index (Phi) is 3.54. The van der Waals surface area contributed by atoms with Crippen LogP contribution in [0.25, 0.3) is 0 Å². The second-order valence-electron chi connectivity index (χ2n) is 2.77. The zero-order valence-electron chi connectivity index (χ0n) is 7.22. The van der Waals surface area contributed by atoms with Gasteiger partial charge < -0.3 is 5.11 Å². The first-order valence-electron chi connectivity index (χ1n) is 3.83. The third-order valence-electron chi connectivity index (χ3n) is 1.84. The van der Waals surface area contributed by atoms with Crippen molar-refractivity contribution in [2.45, 2.75) is 13.0 Å². The van der Waals surface area contributed by atoms with Gasteiger partial charge in [0.05, 0.1) is 11.1 Å². The fourth-order valence-electron chi connectivity index (χ4n) is 1.07. The van der Waals surface area contributed by atoms with E-state index in [9.17, 15) is 5.11 Å². The first-order valence-corrected chi connectivity index (χ1v) is 5.00. The van der Waals surface area contributed by atoms with Gasteiger partial charge in [0.15, 0.2) is 0 Å². The molecule has 0 bridgehead atoms. The van der Waals surface area contributed by atoms with Gasteiger partial charge in [-0.25, -0.2) is 0 Å². The summed E-state index contributed by atoms with van der Waals surface area (Å²) in [5.74, 6) is 0. The molecule has 1 atom stereocenters. The molecule has 3 heteroatoms. The van der Waals surface area contributed by atoms with Gasteiger partial charge >= 0.3 is 0 Å². The normalized spacial score (nSPS) is 12.6. The molecule has 70 valence electrons. The lowest BCUT2D eigenvalue weighted by Gasteiger charge is -2.12. The van der Waals surface area contributed by atoms with Gasteiger partial charge in [-0.1, -0.05) is 39.7 Å². The van der Waals surface area contributed by atoms with E-state index in [1.807, 2.05) is 19.1 Å². The molecule has 0 heterocycles. The summed E-state index contributed by atoms with van der Waals surface area (Å²) in [6, 6.07) is 3.76. The van der Waals surface area contributed by atoms with Crippen LogP contribution in [0.3, 0.4) is 0 Å². The first-order chi connectivity index (χ1) is 6.07. The molecule has 0 saturated carbocycles. The van der Waals surface area contributed by atoms with Crippen LogP contribution in [0.5, 0.6) is 0 Å². The van der Waals surface area contributed by atoms with Gasteiger partial charge in [-0.2, -0.15) is 0 Å². The molecule has 0 saturated heterocycles. The zero-order chi connectivity index (χ0) is 10.0. The Bertz CT molecular complexity index is 336. The van der Waals surface area contributed by atoms with Crippen LogP contribution in [0.2, 0.25) is 5.02 Å². The van der Waals surface area contributed by atoms with E-state index in [0.29, 0.717) is 10.6 Å². The molecule has 0 aromatic heterocycles. The summed E-state index contributed by atoms with van der Waals surface area (Å²) in [5.41, 5.74) is 1.62. The highest BCUT2D eigenvalue weighted by molar-refractivity contribution is 9.10. The standard InChI is InChI=1S/C10H10BrClO/c1-3-8(13)9-7(11)5-4-6(2)10(9)12/h3-5,8,13H,1H2,2H3. The highest BCUT2D eigenvalue weighted by Crippen LogP contribution is 2.33. The lowest BCUT2D eigenvalue weighted by atomic mass is 10.1. The Balaban J connectivity index is 3.32. The van der Waals surface area contributed by atoms with E-state index in [2.05, 4.69) is 22.5 Å². The number of aliphatic hydroxyl groups is 1. The first kappa shape index (κ1) is 10.8. The largest absolute Gasteiger partial charge is 0.384 e. The van der Waals surface area contributed by atoms with E-state index in [1.54, 1.807) is 0 Å². The van der Waals surface area contributed by atoms with Crippen molar-refractivity contribution < 1.29 is 5.11 Å². The minimum absolute atomic E-state index is 0.585. The van der Waals surface area contributed by atoms with E-state index in [-0.39, 0.29) is 0 Å². The topological polar surface area (TPSA) is 20.2 Å². The summed E-state index contributed by atoms with van der Waals surface area (Å²) in [6.07, 6.45) is 0.729. The Hall–Kier alpha value is -0.310. The van der Waals surface area contributed by atoms with Crippen LogP contribution in [0.4, 0.5) is 0 Å². The van der Waals surface area contributed by atoms with E-state index in [4.69, 9.17) is 11.6 Å². The minimum Gasteiger partial charge on any atom is -0.384 e. The maximum atomic E-state index is 9.58. The van der Waals surface area contributed by atoms with E-state index in [0.717, 1.165) is 10.0 Å². The molecule has 13 heavy (non-hydrogen) atoms. The number of hydrogen-bond donors (Lipinski definition) is 1. The summed E-state index contributed by atoms with van der Waals surface area (Å²) in [7, 11) is 0. The monoisotopic (exact) mass is 260 g/mol. The third-order valence-corrected chi connectivity index (χ3v) is 3.03. The fourth-order valence-corrected chi connectivity index (χ4v) is 2.02. The van der Waals surface area contributed by atoms with Crippen molar-refractivity contribution in [3.63, 3.8) is 0 Å². The number of rotatable bonds is 2. The summed E-state index contributed by atoms with van der Waals surface area (Å²) in [5, 5.41) is 10.2. The molecular weight excluding hydrogens is 251 g/mol. The molecule has 1 aromatic rings. The molecule has 1 unspecified atom stereocenters. The Morgan fingerprint density at radius 1 is 1.62 bits per heavy atom. The van der Waals surface area contributed by atoms with Gasteiger partial charge in [0, 0.05) is 10.0 Å². The Morgan fingerprint density at radius 3 is 2.77 bits per heavy atom. The smallest absolute Gasteiger partial charge is 0.0994 e. The van der Waals surface area contributed by atoms with Crippen LogP contribution < -0.4 is 0 Å². The molecule has 1 aromatic carbocycles. The number of aryl methyl sites for hydroxylation is 1. The SMILES string of the molecule is C=CC(O)c1c(Br)ccc(C)c1Cl. The van der Waals surface area contributed by atoms with Crippen molar-refractivity contribution in [1.82, 2.24) is 0 Å². The van der Waals surface area contributed by atoms with Crippen LogP contribution in [0.15, 0.2) is 29.3 Å². The fraction of sp³-hybridized carbons (Fsp3) is 0.200. The molecule has 0 fully saturated rings. The predicted molar refractivity (Wildman–Crippen MR) is 59.0 cm³/mol. The molecule has 0 aliphatic heterocycles. The molecular formula is C10H10BrClO. The summed E-state index contributed by atoms with van der Waals surface area (Å²) >= 11 is 9.36. The summed E-state index contributed by atoms with van der Waals surface area (Å²) < 4.78 is 0.801. The number of aliphatic hydroxyl groups excluding tert-OH is 1. The maximum Gasteiger partial charge on any atom is 0.0994 e. The zero-order valence-corrected chi connectivity index (χ0v) is 9.56.